The lowest BCUT2D eigenvalue weighted by atomic mass is 9.89. The number of Topliss-reactive ketones (excluding diaryl/α,β-unsaturated/α-hetero) is 1. The number of rotatable bonds is 12. The summed E-state index contributed by atoms with van der Waals surface area (Å²) in [5.74, 6) is 0.169. The molecule has 0 saturated carbocycles. The first-order chi connectivity index (χ1) is 21.1. The van der Waals surface area contributed by atoms with Gasteiger partial charge in [0.2, 0.25) is 11.8 Å². The van der Waals surface area contributed by atoms with Gasteiger partial charge in [-0.05, 0) is 110 Å². The normalized spacial score (nSPS) is 18.2. The Kier molecular flexibility index (Phi) is 13.0. The molecule has 45 heavy (non-hydrogen) atoms. The maximum absolute atomic E-state index is 12.7. The number of likely N-dealkylation sites (tertiary alicyclic amines) is 1. The highest BCUT2D eigenvalue weighted by Gasteiger charge is 2.31. The summed E-state index contributed by atoms with van der Waals surface area (Å²) in [7, 11) is 0. The van der Waals surface area contributed by atoms with Crippen LogP contribution in [0.4, 0.5) is 15.3 Å². The van der Waals surface area contributed by atoms with Gasteiger partial charge in [0.05, 0.1) is 6.54 Å². The van der Waals surface area contributed by atoms with Crippen LogP contribution in [0, 0.1) is 0 Å². The molecule has 0 bridgehead atoms. The maximum atomic E-state index is 12.7. The van der Waals surface area contributed by atoms with Gasteiger partial charge in [0.15, 0.2) is 0 Å². The minimum Gasteiger partial charge on any atom is -0.443 e. The number of imide groups is 2. The summed E-state index contributed by atoms with van der Waals surface area (Å²) in [6, 6.07) is 7.77. The second-order valence-corrected chi connectivity index (χ2v) is 14.1. The van der Waals surface area contributed by atoms with Crippen molar-refractivity contribution < 1.29 is 33.4 Å². The van der Waals surface area contributed by atoms with Crippen molar-refractivity contribution in [3.8, 4) is 0 Å². The molecule has 4 amide bonds. The fourth-order valence-corrected chi connectivity index (χ4v) is 5.47. The SMILES string of the molecule is CC(C)(C)OC(=O)N(CCCCCCC(=O)CN1CCC(c2ccc(NC3CCC(=O)NC3=O)cc2)CC1)C(=O)OC(C)(C)C. The lowest BCUT2D eigenvalue weighted by Crippen LogP contribution is -2.47. The summed E-state index contributed by atoms with van der Waals surface area (Å²) in [5.41, 5.74) is 0.667. The molecule has 0 aliphatic carbocycles. The molecule has 1 atom stereocenters. The number of carbonyl (C=O) groups is 5. The summed E-state index contributed by atoms with van der Waals surface area (Å²) in [4.78, 5) is 64.5. The molecule has 2 N–H and O–H groups in total. The van der Waals surface area contributed by atoms with Crippen molar-refractivity contribution in [1.29, 1.82) is 0 Å². The fraction of sp³-hybridized carbons (Fsp3) is 0.676. The maximum Gasteiger partial charge on any atom is 0.419 e. The van der Waals surface area contributed by atoms with E-state index in [1.54, 1.807) is 41.5 Å². The largest absolute Gasteiger partial charge is 0.443 e. The molecule has 2 fully saturated rings. The Morgan fingerprint density at radius 3 is 2.00 bits per heavy atom. The van der Waals surface area contributed by atoms with Gasteiger partial charge in [-0.3, -0.25) is 24.6 Å². The van der Waals surface area contributed by atoms with E-state index in [2.05, 4.69) is 27.7 Å². The van der Waals surface area contributed by atoms with Crippen LogP contribution in [0.1, 0.15) is 111 Å². The van der Waals surface area contributed by atoms with Crippen LogP contribution < -0.4 is 10.6 Å². The molecule has 0 spiro atoms. The quantitative estimate of drug-likeness (QED) is 0.218. The zero-order chi connectivity index (χ0) is 33.2. The second-order valence-electron chi connectivity index (χ2n) is 14.1. The number of unbranched alkanes of at least 4 members (excludes halogenated alkanes) is 3. The Morgan fingerprint density at radius 1 is 0.867 bits per heavy atom. The average Bonchev–Trinajstić information content (AvgIpc) is 2.93. The zero-order valence-corrected chi connectivity index (χ0v) is 27.9. The number of ether oxygens (including phenoxy) is 2. The monoisotopic (exact) mass is 628 g/mol. The number of amides is 4. The van der Waals surface area contributed by atoms with Crippen LogP contribution in [0.5, 0.6) is 0 Å². The molecular weight excluding hydrogens is 576 g/mol. The standard InChI is InChI=1S/C34H52N4O7/c1-33(2,3)44-31(42)38(32(43)45-34(4,5)6)20-10-8-7-9-11-27(39)23-37-21-18-25(19-22-37)24-12-14-26(15-13-24)35-28-16-17-29(40)36-30(28)41/h12-15,25,28,35H,7-11,16-23H2,1-6H3,(H,36,40,41). The summed E-state index contributed by atoms with van der Waals surface area (Å²) < 4.78 is 10.8. The van der Waals surface area contributed by atoms with E-state index in [0.29, 0.717) is 38.1 Å². The molecule has 11 nitrogen and oxygen atoms in total. The van der Waals surface area contributed by atoms with Crippen molar-refractivity contribution in [1.82, 2.24) is 15.1 Å². The molecule has 2 aliphatic rings. The lowest BCUT2D eigenvalue weighted by Gasteiger charge is -2.32. The zero-order valence-electron chi connectivity index (χ0n) is 27.9. The highest BCUT2D eigenvalue weighted by atomic mass is 16.6. The Labute approximate surface area is 267 Å². The Bertz CT molecular complexity index is 1150. The van der Waals surface area contributed by atoms with E-state index in [1.165, 1.54) is 5.56 Å². The van der Waals surface area contributed by atoms with Gasteiger partial charge in [-0.25, -0.2) is 14.5 Å². The predicted octanol–water partition coefficient (Wildman–Crippen LogP) is 5.77. The molecular formula is C34H52N4O7. The van der Waals surface area contributed by atoms with Crippen LogP contribution in [0.15, 0.2) is 24.3 Å². The highest BCUT2D eigenvalue weighted by Crippen LogP contribution is 2.29. The molecule has 250 valence electrons. The van der Waals surface area contributed by atoms with Gasteiger partial charge in [-0.2, -0.15) is 0 Å². The number of benzene rings is 1. The van der Waals surface area contributed by atoms with Gasteiger partial charge < -0.3 is 14.8 Å². The van der Waals surface area contributed by atoms with Crippen LogP contribution in [0.2, 0.25) is 0 Å². The van der Waals surface area contributed by atoms with E-state index in [9.17, 15) is 24.0 Å². The molecule has 2 aliphatic heterocycles. The second kappa shape index (κ2) is 16.2. The summed E-state index contributed by atoms with van der Waals surface area (Å²) in [5, 5.41) is 5.59. The smallest absolute Gasteiger partial charge is 0.419 e. The lowest BCUT2D eigenvalue weighted by molar-refractivity contribution is -0.133. The molecule has 0 aromatic heterocycles. The van der Waals surface area contributed by atoms with Crippen molar-refractivity contribution in [2.75, 3.05) is 31.5 Å². The molecule has 1 aromatic rings. The van der Waals surface area contributed by atoms with Crippen LogP contribution in [0.3, 0.4) is 0 Å². The molecule has 0 radical (unpaired) electrons. The van der Waals surface area contributed by atoms with E-state index < -0.39 is 29.4 Å². The highest BCUT2D eigenvalue weighted by molar-refractivity contribution is 6.01. The van der Waals surface area contributed by atoms with E-state index in [-0.39, 0.29) is 24.1 Å². The first-order valence-corrected chi connectivity index (χ1v) is 16.3. The van der Waals surface area contributed by atoms with E-state index in [0.717, 1.165) is 55.8 Å². The topological polar surface area (TPSA) is 134 Å². The Morgan fingerprint density at radius 2 is 1.44 bits per heavy atom. The third-order valence-electron chi connectivity index (χ3n) is 7.76. The number of piperidine rings is 2. The number of nitrogens with zero attached hydrogens (tertiary/aromatic N) is 2. The van der Waals surface area contributed by atoms with Crippen LogP contribution >= 0.6 is 0 Å². The van der Waals surface area contributed by atoms with Gasteiger partial charge in [0, 0.05) is 25.1 Å². The number of carbonyl (C=O) groups excluding carboxylic acids is 5. The van der Waals surface area contributed by atoms with Crippen LogP contribution in [-0.2, 0) is 23.9 Å². The van der Waals surface area contributed by atoms with Crippen molar-refractivity contribution >= 4 is 35.5 Å². The first kappa shape index (κ1) is 36.0. The minimum absolute atomic E-state index is 0.200. The van der Waals surface area contributed by atoms with Crippen LogP contribution in [0.25, 0.3) is 0 Å². The van der Waals surface area contributed by atoms with E-state index in [4.69, 9.17) is 9.47 Å². The number of nitrogens with one attached hydrogen (secondary N) is 2. The van der Waals surface area contributed by atoms with E-state index >= 15 is 0 Å². The molecule has 11 heteroatoms. The van der Waals surface area contributed by atoms with Gasteiger partial charge >= 0.3 is 12.2 Å². The number of anilines is 1. The third-order valence-corrected chi connectivity index (χ3v) is 7.76. The van der Waals surface area contributed by atoms with Gasteiger partial charge in [-0.1, -0.05) is 25.0 Å². The predicted molar refractivity (Wildman–Crippen MR) is 172 cm³/mol. The summed E-state index contributed by atoms with van der Waals surface area (Å²) in [6.45, 7) is 12.9. The van der Waals surface area contributed by atoms with Crippen LogP contribution in [-0.4, -0.2) is 83.0 Å². The number of hydrogen-bond donors (Lipinski definition) is 2. The summed E-state index contributed by atoms with van der Waals surface area (Å²) in [6.07, 6.45) is 4.89. The van der Waals surface area contributed by atoms with Crippen molar-refractivity contribution in [3.63, 3.8) is 0 Å². The molecule has 3 rings (SSSR count). The third kappa shape index (κ3) is 12.8. The van der Waals surface area contributed by atoms with Crippen molar-refractivity contribution in [2.24, 2.45) is 0 Å². The Hall–Kier alpha value is -3.47. The Balaban J connectivity index is 1.32. The van der Waals surface area contributed by atoms with E-state index in [1.807, 2.05) is 12.1 Å². The summed E-state index contributed by atoms with van der Waals surface area (Å²) >= 11 is 0. The number of hydrogen-bond acceptors (Lipinski definition) is 9. The van der Waals surface area contributed by atoms with Gasteiger partial charge in [0.25, 0.3) is 0 Å². The van der Waals surface area contributed by atoms with Crippen molar-refractivity contribution in [2.45, 2.75) is 122 Å². The van der Waals surface area contributed by atoms with Crippen molar-refractivity contribution in [3.05, 3.63) is 29.8 Å². The molecule has 1 unspecified atom stereocenters. The number of ketones is 1. The minimum atomic E-state index is -0.725. The van der Waals surface area contributed by atoms with Gasteiger partial charge in [0.1, 0.15) is 23.0 Å². The average molecular weight is 629 g/mol. The fourth-order valence-electron chi connectivity index (χ4n) is 5.47. The molecule has 2 saturated heterocycles. The molecule has 2 heterocycles. The first-order valence-electron chi connectivity index (χ1n) is 16.3. The molecule has 1 aromatic carbocycles. The van der Waals surface area contributed by atoms with Gasteiger partial charge in [-0.15, -0.1) is 0 Å².